The summed E-state index contributed by atoms with van der Waals surface area (Å²) in [6, 6.07) is 7.37. The molecule has 0 aliphatic rings. The topological polar surface area (TPSA) is 97.0 Å². The fourth-order valence-corrected chi connectivity index (χ4v) is 2.32. The normalized spacial score (nSPS) is 12.0. The Labute approximate surface area is 159 Å². The average molecular weight is 372 g/mol. The number of aromatic nitrogens is 3. The Kier molecular flexibility index (Phi) is 7.52. The van der Waals surface area contributed by atoms with E-state index < -0.39 is 0 Å². The van der Waals surface area contributed by atoms with E-state index in [9.17, 15) is 9.59 Å². The second-order valence-electron chi connectivity index (χ2n) is 7.01. The molecule has 0 radical (unpaired) electrons. The molecule has 1 atom stereocenters. The highest BCUT2D eigenvalue weighted by atomic mass is 16.5. The van der Waals surface area contributed by atoms with Gasteiger partial charge in [-0.3, -0.25) is 9.59 Å². The van der Waals surface area contributed by atoms with Crippen LogP contribution in [0.2, 0.25) is 0 Å². The highest BCUT2D eigenvalue weighted by Gasteiger charge is 2.11. The Bertz CT molecular complexity index is 817. The smallest absolute Gasteiger partial charge is 0.273 e. The monoisotopic (exact) mass is 372 g/mol. The Morgan fingerprint density at radius 1 is 1.26 bits per heavy atom. The summed E-state index contributed by atoms with van der Waals surface area (Å²) in [7, 11) is 0. The van der Waals surface area contributed by atoms with E-state index in [1.165, 1.54) is 0 Å². The van der Waals surface area contributed by atoms with Crippen molar-refractivity contribution >= 4 is 5.91 Å². The molecule has 2 aromatic rings. The van der Waals surface area contributed by atoms with E-state index in [2.05, 4.69) is 27.4 Å². The third kappa shape index (κ3) is 6.51. The van der Waals surface area contributed by atoms with Crippen LogP contribution in [0.4, 0.5) is 0 Å². The number of benzene rings is 1. The van der Waals surface area contributed by atoms with E-state index in [1.54, 1.807) is 0 Å². The lowest BCUT2D eigenvalue weighted by atomic mass is 10.2. The maximum absolute atomic E-state index is 12.3. The molecule has 2 rings (SSSR count). The summed E-state index contributed by atoms with van der Waals surface area (Å²) in [6.07, 6.45) is 1.47. The van der Waals surface area contributed by atoms with Crippen molar-refractivity contribution in [2.24, 2.45) is 5.92 Å². The number of aryl methyl sites for hydroxylation is 1. The van der Waals surface area contributed by atoms with Crippen LogP contribution < -0.4 is 15.6 Å². The maximum atomic E-state index is 12.3. The molecule has 1 aromatic carbocycles. The van der Waals surface area contributed by atoms with Crippen LogP contribution >= 0.6 is 0 Å². The summed E-state index contributed by atoms with van der Waals surface area (Å²) in [5.74, 6) is 1.39. The summed E-state index contributed by atoms with van der Waals surface area (Å²) in [5, 5.41) is 10.9. The lowest BCUT2D eigenvalue weighted by molar-refractivity contribution is -0.121. The van der Waals surface area contributed by atoms with Crippen molar-refractivity contribution in [2.75, 3.05) is 6.54 Å². The Morgan fingerprint density at radius 3 is 2.70 bits per heavy atom. The second-order valence-corrected chi connectivity index (χ2v) is 7.01. The third-order valence-electron chi connectivity index (χ3n) is 4.08. The molecule has 7 heteroatoms. The summed E-state index contributed by atoms with van der Waals surface area (Å²) in [4.78, 5) is 26.8. The van der Waals surface area contributed by atoms with Gasteiger partial charge >= 0.3 is 0 Å². The van der Waals surface area contributed by atoms with Gasteiger partial charge in [-0.25, -0.2) is 0 Å². The highest BCUT2D eigenvalue weighted by Crippen LogP contribution is 2.21. The highest BCUT2D eigenvalue weighted by molar-refractivity contribution is 5.76. The van der Waals surface area contributed by atoms with Crippen molar-refractivity contribution in [3.8, 4) is 17.1 Å². The molecule has 0 bridgehead atoms. The van der Waals surface area contributed by atoms with Gasteiger partial charge in [0.2, 0.25) is 5.91 Å². The van der Waals surface area contributed by atoms with Crippen LogP contribution in [0, 0.1) is 5.92 Å². The Balaban J connectivity index is 2.05. The number of ether oxygens (including phenoxy) is 1. The molecule has 0 aliphatic heterocycles. The first kappa shape index (κ1) is 20.6. The lowest BCUT2D eigenvalue weighted by Crippen LogP contribution is -2.28. The molecule has 0 aliphatic carbocycles. The number of carbonyl (C=O) groups excluding carboxylic acids is 1. The van der Waals surface area contributed by atoms with Crippen molar-refractivity contribution in [3.63, 3.8) is 0 Å². The van der Waals surface area contributed by atoms with E-state index >= 15 is 0 Å². The fraction of sp³-hybridized carbons (Fsp3) is 0.500. The predicted octanol–water partition coefficient (Wildman–Crippen LogP) is 2.71. The zero-order valence-corrected chi connectivity index (χ0v) is 16.4. The molecule has 1 unspecified atom stereocenters. The van der Waals surface area contributed by atoms with Gasteiger partial charge in [0.1, 0.15) is 11.4 Å². The number of hydrogen-bond donors (Lipinski definition) is 2. The molecule has 1 heterocycles. The first-order valence-electron chi connectivity index (χ1n) is 9.38. The minimum Gasteiger partial charge on any atom is -0.491 e. The Morgan fingerprint density at radius 2 is 2.04 bits per heavy atom. The number of nitrogens with zero attached hydrogens (tertiary/aromatic N) is 2. The molecule has 1 amide bonds. The van der Waals surface area contributed by atoms with E-state index in [0.717, 1.165) is 17.7 Å². The molecule has 2 N–H and O–H groups in total. The molecule has 0 fully saturated rings. The van der Waals surface area contributed by atoms with Gasteiger partial charge in [-0.05, 0) is 31.4 Å². The first-order valence-corrected chi connectivity index (χ1v) is 9.38. The summed E-state index contributed by atoms with van der Waals surface area (Å²) < 4.78 is 5.80. The van der Waals surface area contributed by atoms with Gasteiger partial charge in [0, 0.05) is 24.9 Å². The van der Waals surface area contributed by atoms with Crippen molar-refractivity contribution in [1.29, 1.82) is 0 Å². The number of hydrogen-bond acceptors (Lipinski definition) is 5. The zero-order valence-electron chi connectivity index (χ0n) is 16.4. The fourth-order valence-electron chi connectivity index (χ4n) is 2.32. The van der Waals surface area contributed by atoms with Crippen molar-refractivity contribution in [1.82, 2.24) is 20.5 Å². The van der Waals surface area contributed by atoms with Crippen molar-refractivity contribution < 1.29 is 9.53 Å². The number of amides is 1. The van der Waals surface area contributed by atoms with Gasteiger partial charge < -0.3 is 15.0 Å². The molecular formula is C20H28N4O3. The second kappa shape index (κ2) is 9.85. The molecule has 1 aromatic heterocycles. The molecule has 7 nitrogen and oxygen atoms in total. The first-order chi connectivity index (χ1) is 12.9. The van der Waals surface area contributed by atoms with Crippen molar-refractivity contribution in [2.45, 2.75) is 53.1 Å². The van der Waals surface area contributed by atoms with E-state index in [4.69, 9.17) is 4.74 Å². The lowest BCUT2D eigenvalue weighted by Gasteiger charge is -2.13. The molecule has 146 valence electrons. The minimum absolute atomic E-state index is 0.0936. The SMILES string of the molecule is CCC(C)Oc1cccc(-c2nnc(CCC(=O)NCC(C)C)c(=O)[nH]2)c1. The number of aromatic amines is 1. The molecule has 0 spiro atoms. The van der Waals surface area contributed by atoms with Gasteiger partial charge in [0.15, 0.2) is 5.82 Å². The number of H-pyrrole nitrogens is 1. The van der Waals surface area contributed by atoms with Crippen LogP contribution in [-0.4, -0.2) is 33.7 Å². The van der Waals surface area contributed by atoms with Gasteiger partial charge in [0.05, 0.1) is 6.10 Å². The van der Waals surface area contributed by atoms with E-state index in [1.807, 2.05) is 45.0 Å². The largest absolute Gasteiger partial charge is 0.491 e. The van der Waals surface area contributed by atoms with Crippen LogP contribution in [-0.2, 0) is 11.2 Å². The average Bonchev–Trinajstić information content (AvgIpc) is 2.65. The quantitative estimate of drug-likeness (QED) is 0.705. The van der Waals surface area contributed by atoms with E-state index in [0.29, 0.717) is 18.3 Å². The maximum Gasteiger partial charge on any atom is 0.273 e. The molecule has 27 heavy (non-hydrogen) atoms. The van der Waals surface area contributed by atoms with Gasteiger partial charge in [-0.15, -0.1) is 10.2 Å². The Hall–Kier alpha value is -2.70. The van der Waals surface area contributed by atoms with Gasteiger partial charge in [0.25, 0.3) is 5.56 Å². The zero-order chi connectivity index (χ0) is 19.8. The van der Waals surface area contributed by atoms with Gasteiger partial charge in [-0.1, -0.05) is 32.9 Å². The molecular weight excluding hydrogens is 344 g/mol. The molecule has 0 saturated carbocycles. The van der Waals surface area contributed by atoms with Crippen LogP contribution in [0.3, 0.4) is 0 Å². The van der Waals surface area contributed by atoms with E-state index in [-0.39, 0.29) is 36.1 Å². The van der Waals surface area contributed by atoms with Crippen molar-refractivity contribution in [3.05, 3.63) is 40.3 Å². The van der Waals surface area contributed by atoms with Gasteiger partial charge in [-0.2, -0.15) is 0 Å². The standard InChI is InChI=1S/C20H28N4O3/c1-5-14(4)27-16-8-6-7-15(11-16)19-22-20(26)17(23-24-19)9-10-18(25)21-12-13(2)3/h6-8,11,13-14H,5,9-10,12H2,1-4H3,(H,21,25)(H,22,24,26). The third-order valence-corrected chi connectivity index (χ3v) is 4.08. The number of carbonyl (C=O) groups is 1. The minimum atomic E-state index is -0.329. The van der Waals surface area contributed by atoms with Crippen LogP contribution in [0.1, 0.15) is 46.2 Å². The number of nitrogens with one attached hydrogen (secondary N) is 2. The predicted molar refractivity (Wildman–Crippen MR) is 105 cm³/mol. The summed E-state index contributed by atoms with van der Waals surface area (Å²) in [6.45, 7) is 8.73. The summed E-state index contributed by atoms with van der Waals surface area (Å²) in [5.41, 5.74) is 0.650. The van der Waals surface area contributed by atoms with Crippen LogP contribution in [0.15, 0.2) is 29.1 Å². The summed E-state index contributed by atoms with van der Waals surface area (Å²) >= 11 is 0. The molecule has 0 saturated heterocycles. The number of rotatable bonds is 9. The van der Waals surface area contributed by atoms with Crippen LogP contribution in [0.25, 0.3) is 11.4 Å². The van der Waals surface area contributed by atoms with Crippen LogP contribution in [0.5, 0.6) is 5.75 Å².